The molecular weight excluding hydrogens is 396 g/mol. The van der Waals surface area contributed by atoms with Gasteiger partial charge < -0.3 is 5.73 Å². The number of aryl methyl sites for hydroxylation is 2. The maximum atomic E-state index is 13.9. The molecule has 0 radical (unpaired) electrons. The van der Waals surface area contributed by atoms with Gasteiger partial charge in [-0.2, -0.15) is 15.3 Å². The molecule has 0 saturated carbocycles. The lowest BCUT2D eigenvalue weighted by atomic mass is 10.2. The van der Waals surface area contributed by atoms with Gasteiger partial charge in [0.2, 0.25) is 0 Å². The topological polar surface area (TPSA) is 77.3 Å². The fourth-order valence-electron chi connectivity index (χ4n) is 3.27. The van der Waals surface area contributed by atoms with Crippen LogP contribution in [0.3, 0.4) is 0 Å². The molecule has 0 aliphatic carbocycles. The summed E-state index contributed by atoms with van der Waals surface area (Å²) in [4.78, 5) is 0. The lowest BCUT2D eigenvalue weighted by Gasteiger charge is -2.15. The standard InChI is InChI=1S/C19H21F2N7S/c1-11-9-12(2)27(23-11)13(3)18-25-28(19(22)29-18)16-7-8-26(24-16)10-14-5-4-6-15(20)17(14)21/h4-9,13,19H,10,22H2,1-3H3. The van der Waals surface area contributed by atoms with E-state index in [4.69, 9.17) is 5.73 Å². The Morgan fingerprint density at radius 2 is 2.00 bits per heavy atom. The first-order valence-corrected chi connectivity index (χ1v) is 10.0. The minimum Gasteiger partial charge on any atom is -0.301 e. The summed E-state index contributed by atoms with van der Waals surface area (Å²) in [6.07, 6.45) is 1.69. The summed E-state index contributed by atoms with van der Waals surface area (Å²) in [6, 6.07) is 7.80. The van der Waals surface area contributed by atoms with Crippen LogP contribution in [0.15, 0.2) is 41.6 Å². The Morgan fingerprint density at radius 1 is 1.21 bits per heavy atom. The summed E-state index contributed by atoms with van der Waals surface area (Å²) < 4.78 is 30.8. The molecule has 2 atom stereocenters. The third kappa shape index (κ3) is 3.77. The Hall–Kier alpha value is -2.72. The fraction of sp³-hybridized carbons (Fsp3) is 0.316. The predicted molar refractivity (Wildman–Crippen MR) is 110 cm³/mol. The quantitative estimate of drug-likeness (QED) is 0.689. The van der Waals surface area contributed by atoms with Gasteiger partial charge in [0.05, 0.1) is 18.3 Å². The summed E-state index contributed by atoms with van der Waals surface area (Å²) in [5, 5.41) is 16.0. The molecular formula is C19H21F2N7S. The maximum Gasteiger partial charge on any atom is 0.173 e. The number of nitrogens with zero attached hydrogens (tertiary/aromatic N) is 6. The van der Waals surface area contributed by atoms with E-state index < -0.39 is 17.1 Å². The number of hydrogen-bond donors (Lipinski definition) is 1. The zero-order valence-electron chi connectivity index (χ0n) is 16.3. The smallest absolute Gasteiger partial charge is 0.173 e. The Balaban J connectivity index is 1.54. The highest BCUT2D eigenvalue weighted by Gasteiger charge is 2.31. The third-order valence-electron chi connectivity index (χ3n) is 4.68. The lowest BCUT2D eigenvalue weighted by Crippen LogP contribution is -2.32. The van der Waals surface area contributed by atoms with Gasteiger partial charge in [-0.1, -0.05) is 23.9 Å². The van der Waals surface area contributed by atoms with Crippen LogP contribution < -0.4 is 10.7 Å². The summed E-state index contributed by atoms with van der Waals surface area (Å²) >= 11 is 1.44. The molecule has 0 saturated heterocycles. The van der Waals surface area contributed by atoms with E-state index in [0.717, 1.165) is 22.5 Å². The average Bonchev–Trinajstić information content (AvgIpc) is 3.37. The van der Waals surface area contributed by atoms with Crippen LogP contribution in [0.2, 0.25) is 0 Å². The highest BCUT2D eigenvalue weighted by atomic mass is 32.2. The van der Waals surface area contributed by atoms with E-state index in [1.165, 1.54) is 28.6 Å². The molecule has 7 nitrogen and oxygen atoms in total. The second-order valence-corrected chi connectivity index (χ2v) is 8.06. The largest absolute Gasteiger partial charge is 0.301 e. The van der Waals surface area contributed by atoms with Gasteiger partial charge in [0.25, 0.3) is 0 Å². The van der Waals surface area contributed by atoms with Crippen LogP contribution in [0.25, 0.3) is 0 Å². The Bertz CT molecular complexity index is 1070. The van der Waals surface area contributed by atoms with Crippen molar-refractivity contribution < 1.29 is 8.78 Å². The summed E-state index contributed by atoms with van der Waals surface area (Å²) in [5.41, 5.74) is 8.04. The average molecular weight is 417 g/mol. The van der Waals surface area contributed by atoms with Gasteiger partial charge in [-0.05, 0) is 32.9 Å². The van der Waals surface area contributed by atoms with Gasteiger partial charge in [0.15, 0.2) is 23.0 Å². The minimum absolute atomic E-state index is 0.0618. The van der Waals surface area contributed by atoms with Gasteiger partial charge >= 0.3 is 0 Å². The van der Waals surface area contributed by atoms with E-state index in [1.807, 2.05) is 31.5 Å². The number of thioether (sulfide) groups is 1. The zero-order valence-corrected chi connectivity index (χ0v) is 17.1. The molecule has 1 aliphatic rings. The maximum absolute atomic E-state index is 13.9. The molecule has 3 aromatic rings. The van der Waals surface area contributed by atoms with Crippen molar-refractivity contribution in [2.24, 2.45) is 10.8 Å². The highest BCUT2D eigenvalue weighted by Crippen LogP contribution is 2.32. The van der Waals surface area contributed by atoms with E-state index >= 15 is 0 Å². The number of hydrazone groups is 1. The molecule has 10 heteroatoms. The molecule has 29 heavy (non-hydrogen) atoms. The molecule has 152 valence electrons. The van der Waals surface area contributed by atoms with Crippen molar-refractivity contribution in [3.05, 3.63) is 65.1 Å². The first-order valence-electron chi connectivity index (χ1n) is 9.12. The molecule has 1 aromatic carbocycles. The van der Waals surface area contributed by atoms with Crippen LogP contribution in [-0.2, 0) is 6.54 Å². The number of anilines is 1. The molecule has 2 aromatic heterocycles. The summed E-state index contributed by atoms with van der Waals surface area (Å²) in [7, 11) is 0. The molecule has 0 fully saturated rings. The SMILES string of the molecule is Cc1cc(C)n(C(C)C2=NN(c3ccn(Cc4cccc(F)c4F)n3)C(N)S2)n1. The number of nitrogens with two attached hydrogens (primary N) is 1. The monoisotopic (exact) mass is 417 g/mol. The number of benzene rings is 1. The molecule has 3 heterocycles. The summed E-state index contributed by atoms with van der Waals surface area (Å²) in [6.45, 7) is 6.08. The first kappa shape index (κ1) is 19.6. The number of rotatable bonds is 5. The number of halogens is 2. The number of aromatic nitrogens is 4. The first-order chi connectivity index (χ1) is 13.8. The highest BCUT2D eigenvalue weighted by molar-refractivity contribution is 8.14. The lowest BCUT2D eigenvalue weighted by molar-refractivity contribution is 0.492. The van der Waals surface area contributed by atoms with Crippen molar-refractivity contribution in [3.63, 3.8) is 0 Å². The molecule has 2 N–H and O–H groups in total. The molecule has 0 amide bonds. The second-order valence-electron chi connectivity index (χ2n) is 6.92. The van der Waals surface area contributed by atoms with E-state index in [2.05, 4.69) is 15.3 Å². The zero-order chi connectivity index (χ0) is 20.7. The van der Waals surface area contributed by atoms with Crippen LogP contribution >= 0.6 is 11.8 Å². The molecule has 1 aliphatic heterocycles. The van der Waals surface area contributed by atoms with Crippen molar-refractivity contribution in [2.45, 2.75) is 38.9 Å². The van der Waals surface area contributed by atoms with Crippen LogP contribution in [-0.4, -0.2) is 30.1 Å². The molecule has 0 bridgehead atoms. The van der Waals surface area contributed by atoms with E-state index in [1.54, 1.807) is 17.3 Å². The van der Waals surface area contributed by atoms with Crippen LogP contribution in [0.5, 0.6) is 0 Å². The van der Waals surface area contributed by atoms with E-state index in [9.17, 15) is 8.78 Å². The van der Waals surface area contributed by atoms with Gasteiger partial charge in [-0.3, -0.25) is 9.36 Å². The minimum atomic E-state index is -0.875. The molecule has 0 spiro atoms. The van der Waals surface area contributed by atoms with Crippen molar-refractivity contribution in [3.8, 4) is 0 Å². The van der Waals surface area contributed by atoms with Crippen molar-refractivity contribution >= 4 is 22.6 Å². The second kappa shape index (κ2) is 7.60. The van der Waals surface area contributed by atoms with Crippen molar-refractivity contribution in [2.75, 3.05) is 5.01 Å². The van der Waals surface area contributed by atoms with Gasteiger partial charge in [-0.15, -0.1) is 0 Å². The predicted octanol–water partition coefficient (Wildman–Crippen LogP) is 3.39. The van der Waals surface area contributed by atoms with Gasteiger partial charge in [-0.25, -0.2) is 13.8 Å². The van der Waals surface area contributed by atoms with Crippen LogP contribution in [0.1, 0.15) is 29.9 Å². The Labute approximate surface area is 171 Å². The Morgan fingerprint density at radius 3 is 2.72 bits per heavy atom. The van der Waals surface area contributed by atoms with Gasteiger partial charge in [0, 0.05) is 23.5 Å². The van der Waals surface area contributed by atoms with Gasteiger partial charge in [0.1, 0.15) is 5.04 Å². The van der Waals surface area contributed by atoms with Crippen LogP contribution in [0.4, 0.5) is 14.6 Å². The number of hydrogen-bond acceptors (Lipinski definition) is 6. The van der Waals surface area contributed by atoms with Crippen LogP contribution in [0, 0.1) is 25.5 Å². The van der Waals surface area contributed by atoms with Crippen molar-refractivity contribution in [1.29, 1.82) is 0 Å². The normalized spacial score (nSPS) is 17.7. The fourth-order valence-corrected chi connectivity index (χ4v) is 4.21. The van der Waals surface area contributed by atoms with Crippen molar-refractivity contribution in [1.82, 2.24) is 19.6 Å². The molecule has 2 unspecified atom stereocenters. The Kier molecular flexibility index (Phi) is 5.13. The van der Waals surface area contributed by atoms with E-state index in [-0.39, 0.29) is 18.2 Å². The summed E-state index contributed by atoms with van der Waals surface area (Å²) in [5.74, 6) is -1.20. The third-order valence-corrected chi connectivity index (χ3v) is 5.79. The molecule has 4 rings (SSSR count). The van der Waals surface area contributed by atoms with E-state index in [0.29, 0.717) is 5.82 Å².